The van der Waals surface area contributed by atoms with Gasteiger partial charge in [0.05, 0.1) is 0 Å². The average molecular weight is 1770 g/mol. The maximum atomic E-state index is 14.0. The van der Waals surface area contributed by atoms with Crippen LogP contribution >= 0.6 is 0 Å². The van der Waals surface area contributed by atoms with Gasteiger partial charge in [-0.3, -0.25) is 57.5 Å². The predicted octanol–water partition coefficient (Wildman–Crippen LogP) is -3.14. The number of nitrogens with one attached hydrogen (secondary N) is 20. The van der Waals surface area contributed by atoms with E-state index in [1.807, 2.05) is 140 Å². The third kappa shape index (κ3) is 78.6. The standard InChI is InChI=1S/C86H176N26O12/c1-67(2)87-29-37-95-75(113)17-49-107(50-18-76(114)96-38-30-88-68(3)4)61-45-103-83(121)25-57-111(58-26-84(122)104-46-62-108(51-19-77(115)97-39-31-89-69(5)6)52-20-78(116)98-40-32-90-70(7)8)65-66-112(59-27-85(123)105-47-63-109(53-21-79(117)99-41-33-91-71(9)10)54-22-80(118)100-42-34-92-72(11)12)60-28-86(124)106-48-64-110(55-23-81(119)101-43-35-93-73(13)14)56-24-82(120)102-44-36-94-74(15)16/h67-74,87-94H,17-66H2,1-16H3,(H,95,113)(H,96,114)(H,97,115)(H,98,116)(H,99,117)(H,100,118)(H,101,119)(H,102,120)(H,103,121)(H,104,122)(H,105,123)(H,106,124). The van der Waals surface area contributed by atoms with Gasteiger partial charge >= 0.3 is 0 Å². The highest BCUT2D eigenvalue weighted by atomic mass is 16.2. The molecule has 0 heterocycles. The van der Waals surface area contributed by atoms with Gasteiger partial charge in [-0.2, -0.15) is 0 Å². The Kier molecular flexibility index (Phi) is 72.9. The Morgan fingerprint density at radius 3 is 0.339 bits per heavy atom. The molecule has 38 nitrogen and oxygen atoms in total. The summed E-state index contributed by atoms with van der Waals surface area (Å²) in [4.78, 5) is 172. The van der Waals surface area contributed by atoms with E-state index >= 15 is 0 Å². The van der Waals surface area contributed by atoms with Crippen LogP contribution in [0, 0.1) is 0 Å². The van der Waals surface area contributed by atoms with Crippen LogP contribution in [0.5, 0.6) is 0 Å². The minimum absolute atomic E-state index is 0.0283. The molecule has 0 aliphatic heterocycles. The molecule has 722 valence electrons. The third-order valence-corrected chi connectivity index (χ3v) is 19.6. The molecule has 0 aromatic rings. The van der Waals surface area contributed by atoms with Crippen LogP contribution in [0.25, 0.3) is 0 Å². The zero-order valence-corrected chi connectivity index (χ0v) is 79.6. The molecule has 0 unspecified atom stereocenters. The van der Waals surface area contributed by atoms with Gasteiger partial charge in [0, 0.05) is 374 Å². The van der Waals surface area contributed by atoms with Gasteiger partial charge in [0.15, 0.2) is 0 Å². The number of carbonyl (C=O) groups is 12. The number of amides is 12. The van der Waals surface area contributed by atoms with Gasteiger partial charge in [0.25, 0.3) is 0 Å². The highest BCUT2D eigenvalue weighted by Crippen LogP contribution is 2.05. The van der Waals surface area contributed by atoms with Crippen LogP contribution in [0.3, 0.4) is 0 Å². The van der Waals surface area contributed by atoms with Gasteiger partial charge in [-0.15, -0.1) is 0 Å². The summed E-state index contributed by atoms with van der Waals surface area (Å²) in [5.41, 5.74) is 0. The fourth-order valence-electron chi connectivity index (χ4n) is 12.4. The first-order valence-electron chi connectivity index (χ1n) is 46.5. The largest absolute Gasteiger partial charge is 0.355 e. The summed E-state index contributed by atoms with van der Waals surface area (Å²) >= 11 is 0. The average Bonchev–Trinajstić information content (AvgIpc) is 0.965. The van der Waals surface area contributed by atoms with Crippen LogP contribution in [0.4, 0.5) is 0 Å². The molecule has 0 atom stereocenters. The Hall–Kier alpha value is -6.92. The Balaban J connectivity index is 7.28. The van der Waals surface area contributed by atoms with E-state index in [9.17, 15) is 57.5 Å². The Bertz CT molecular complexity index is 2360. The van der Waals surface area contributed by atoms with Gasteiger partial charge in [-0.05, 0) is 0 Å². The Labute approximate surface area is 745 Å². The van der Waals surface area contributed by atoms with E-state index in [0.717, 1.165) is 0 Å². The van der Waals surface area contributed by atoms with Crippen LogP contribution < -0.4 is 106 Å². The predicted molar refractivity (Wildman–Crippen MR) is 495 cm³/mol. The molecule has 0 radical (unpaired) electrons. The summed E-state index contributed by atoms with van der Waals surface area (Å²) in [6, 6.07) is 2.12. The van der Waals surface area contributed by atoms with Gasteiger partial charge < -0.3 is 136 Å². The highest BCUT2D eigenvalue weighted by molar-refractivity contribution is 5.80. The molecule has 124 heavy (non-hydrogen) atoms. The van der Waals surface area contributed by atoms with Crippen molar-refractivity contribution >= 4 is 70.9 Å². The number of nitrogens with zero attached hydrogens (tertiary/aromatic N) is 6. The van der Waals surface area contributed by atoms with Gasteiger partial charge in [-0.25, -0.2) is 0 Å². The molecule has 0 aromatic heterocycles. The molecule has 0 saturated heterocycles. The van der Waals surface area contributed by atoms with E-state index in [2.05, 4.69) is 106 Å². The van der Waals surface area contributed by atoms with Crippen molar-refractivity contribution in [3.8, 4) is 0 Å². The lowest BCUT2D eigenvalue weighted by atomic mass is 10.2. The van der Waals surface area contributed by atoms with Crippen molar-refractivity contribution in [1.82, 2.24) is 136 Å². The lowest BCUT2D eigenvalue weighted by Gasteiger charge is -2.28. The van der Waals surface area contributed by atoms with Crippen LogP contribution in [0.15, 0.2) is 0 Å². The molecule has 0 bridgehead atoms. The van der Waals surface area contributed by atoms with E-state index in [4.69, 9.17) is 0 Å². The van der Waals surface area contributed by atoms with Gasteiger partial charge in [0.1, 0.15) is 0 Å². The number of hydrogen-bond acceptors (Lipinski definition) is 26. The number of carbonyl (C=O) groups excluding carboxylic acids is 12. The second-order valence-corrected chi connectivity index (χ2v) is 34.1. The van der Waals surface area contributed by atoms with Crippen LogP contribution in [-0.4, -0.2) is 397 Å². The molecule has 0 spiro atoms. The van der Waals surface area contributed by atoms with Crippen molar-refractivity contribution in [3.63, 3.8) is 0 Å². The molecule has 0 aliphatic carbocycles. The second kappa shape index (κ2) is 77.2. The van der Waals surface area contributed by atoms with Crippen molar-refractivity contribution in [2.75, 3.05) is 249 Å². The molecule has 0 aromatic carbocycles. The van der Waals surface area contributed by atoms with Gasteiger partial charge in [0.2, 0.25) is 70.9 Å². The summed E-state index contributed by atoms with van der Waals surface area (Å²) in [6.45, 7) is 47.7. The number of hydrogen-bond donors (Lipinski definition) is 20. The first kappa shape index (κ1) is 117. The first-order valence-corrected chi connectivity index (χ1v) is 46.5. The summed E-state index contributed by atoms with van der Waals surface area (Å²) in [5, 5.41) is 62.2. The number of rotatable bonds is 83. The van der Waals surface area contributed by atoms with Crippen molar-refractivity contribution < 1.29 is 57.5 Å². The topological polar surface area (TPSA) is 465 Å². The maximum absolute atomic E-state index is 14.0. The zero-order valence-electron chi connectivity index (χ0n) is 79.6. The van der Waals surface area contributed by atoms with Crippen LogP contribution in [-0.2, 0) is 57.5 Å². The quantitative estimate of drug-likeness (QED) is 0.0268. The third-order valence-electron chi connectivity index (χ3n) is 19.6. The fourth-order valence-corrected chi connectivity index (χ4v) is 12.4. The highest BCUT2D eigenvalue weighted by Gasteiger charge is 2.21. The Morgan fingerprint density at radius 2 is 0.234 bits per heavy atom. The van der Waals surface area contributed by atoms with Crippen molar-refractivity contribution in [3.05, 3.63) is 0 Å². The molecule has 12 amide bonds. The molecule has 0 fully saturated rings. The van der Waals surface area contributed by atoms with E-state index in [0.29, 0.717) is 196 Å². The molecule has 38 heteroatoms. The van der Waals surface area contributed by atoms with E-state index in [-0.39, 0.29) is 249 Å². The van der Waals surface area contributed by atoms with Crippen LogP contribution in [0.2, 0.25) is 0 Å². The summed E-state index contributed by atoms with van der Waals surface area (Å²) in [6.07, 6.45) is 1.60. The van der Waals surface area contributed by atoms with E-state index in [1.54, 1.807) is 0 Å². The van der Waals surface area contributed by atoms with E-state index < -0.39 is 0 Å². The minimum atomic E-state index is -0.268. The Morgan fingerprint density at radius 1 is 0.137 bits per heavy atom. The molecular weight excluding hydrogens is 1590 g/mol. The maximum Gasteiger partial charge on any atom is 0.221 e. The van der Waals surface area contributed by atoms with Crippen molar-refractivity contribution in [2.24, 2.45) is 0 Å². The summed E-state index contributed by atoms with van der Waals surface area (Å²) < 4.78 is 0. The monoisotopic (exact) mass is 1770 g/mol. The summed E-state index contributed by atoms with van der Waals surface area (Å²) in [5.74, 6) is -2.12. The normalized spacial score (nSPS) is 11.8. The molecule has 0 saturated carbocycles. The van der Waals surface area contributed by atoms with E-state index in [1.165, 1.54) is 0 Å². The fraction of sp³-hybridized carbons (Fsp3) is 0.860. The second-order valence-electron chi connectivity index (χ2n) is 34.1. The lowest BCUT2D eigenvalue weighted by molar-refractivity contribution is -0.123. The molecular formula is C86H176N26O12. The lowest BCUT2D eigenvalue weighted by Crippen LogP contribution is -2.43. The smallest absolute Gasteiger partial charge is 0.221 e. The molecule has 0 aliphatic rings. The van der Waals surface area contributed by atoms with Crippen molar-refractivity contribution in [2.45, 2.75) is 236 Å². The first-order chi connectivity index (χ1) is 59.1. The minimum Gasteiger partial charge on any atom is -0.355 e. The SMILES string of the molecule is CC(C)NCCNC(=O)CCN(CCNC(=O)CCN(CCC(=O)NCCN(CCC(=O)NCCNC(C)C)CCC(=O)NCCNC(C)C)CCN(CCC(=O)NCCN(CCC(=O)NCCNC(C)C)CCC(=O)NCCNC(C)C)CCC(=O)NCCN(CCC(=O)NCCNC(C)C)CCC(=O)NCCNC(C)C)CCC(=O)NCCNC(C)C. The molecule has 0 rings (SSSR count). The summed E-state index contributed by atoms with van der Waals surface area (Å²) in [7, 11) is 0. The van der Waals surface area contributed by atoms with Crippen LogP contribution in [0.1, 0.15) is 188 Å². The zero-order chi connectivity index (χ0) is 92.5. The molecule has 20 N–H and O–H groups in total. The van der Waals surface area contributed by atoms with Crippen molar-refractivity contribution in [1.29, 1.82) is 0 Å². The van der Waals surface area contributed by atoms with Gasteiger partial charge in [-0.1, -0.05) is 111 Å².